The largest absolute Gasteiger partial charge is 0.481 e. The lowest BCUT2D eigenvalue weighted by Crippen LogP contribution is -2.39. The molecule has 6 nitrogen and oxygen atoms in total. The molecule has 7 heteroatoms. The molecule has 0 aliphatic carbocycles. The Kier molecular flexibility index (Phi) is 8.24. The van der Waals surface area contributed by atoms with Crippen LogP contribution in [0.2, 0.25) is 0 Å². The molecule has 0 aliphatic heterocycles. The second kappa shape index (κ2) is 8.96. The van der Waals surface area contributed by atoms with Gasteiger partial charge in [0.2, 0.25) is 0 Å². The second-order valence-corrected chi connectivity index (χ2v) is 3.46. The van der Waals surface area contributed by atoms with Gasteiger partial charge in [-0.2, -0.15) is 0 Å². The van der Waals surface area contributed by atoms with E-state index < -0.39 is 12.0 Å². The third-order valence-electron chi connectivity index (χ3n) is 1.67. The average molecular weight is 251 g/mol. The van der Waals surface area contributed by atoms with Gasteiger partial charge in [-0.15, -0.1) is 11.6 Å². The Hall–Kier alpha value is -1.30. The molecule has 0 aliphatic rings. The van der Waals surface area contributed by atoms with Gasteiger partial charge in [-0.05, 0) is 6.42 Å². The van der Waals surface area contributed by atoms with E-state index in [1.54, 1.807) is 0 Å². The van der Waals surface area contributed by atoms with Crippen molar-refractivity contribution in [2.24, 2.45) is 0 Å². The number of carboxylic acid groups (broad SMARTS) is 1. The Balaban J connectivity index is 3.49. The molecule has 0 aromatic heterocycles. The molecule has 0 aromatic carbocycles. The van der Waals surface area contributed by atoms with E-state index in [0.29, 0.717) is 18.8 Å². The lowest BCUT2D eigenvalue weighted by Gasteiger charge is -2.05. The van der Waals surface area contributed by atoms with Crippen LogP contribution in [0.4, 0.5) is 4.79 Å². The van der Waals surface area contributed by atoms with Crippen molar-refractivity contribution >= 4 is 29.4 Å². The van der Waals surface area contributed by atoms with Crippen LogP contribution in [0.25, 0.3) is 0 Å². The Bertz CT molecular complexity index is 258. The quantitative estimate of drug-likeness (QED) is 0.542. The SMILES string of the molecule is O=C(O)CCCC(=O)CNC(=O)NCCCl. The number of carbonyl (C=O) groups excluding carboxylic acids is 2. The Labute approximate surface area is 98.3 Å². The zero-order valence-corrected chi connectivity index (χ0v) is 9.55. The minimum atomic E-state index is -0.930. The minimum absolute atomic E-state index is 0.0375. The minimum Gasteiger partial charge on any atom is -0.481 e. The van der Waals surface area contributed by atoms with E-state index >= 15 is 0 Å². The van der Waals surface area contributed by atoms with Crippen LogP contribution in [0.15, 0.2) is 0 Å². The predicted molar refractivity (Wildman–Crippen MR) is 58.6 cm³/mol. The van der Waals surface area contributed by atoms with Crippen LogP contribution < -0.4 is 10.6 Å². The molecule has 0 spiro atoms. The van der Waals surface area contributed by atoms with E-state index in [-0.39, 0.29) is 25.2 Å². The summed E-state index contributed by atoms with van der Waals surface area (Å²) >= 11 is 5.34. The summed E-state index contributed by atoms with van der Waals surface area (Å²) in [6.45, 7) is 0.244. The summed E-state index contributed by atoms with van der Waals surface area (Å²) in [4.78, 5) is 32.3. The highest BCUT2D eigenvalue weighted by Crippen LogP contribution is 1.95. The van der Waals surface area contributed by atoms with Gasteiger partial charge in [-0.1, -0.05) is 0 Å². The summed E-state index contributed by atoms with van der Waals surface area (Å²) < 4.78 is 0. The number of ketones is 1. The lowest BCUT2D eigenvalue weighted by molar-refractivity contribution is -0.137. The molecule has 0 aromatic rings. The fourth-order valence-electron chi connectivity index (χ4n) is 0.927. The maximum Gasteiger partial charge on any atom is 0.315 e. The number of alkyl halides is 1. The third-order valence-corrected chi connectivity index (χ3v) is 1.86. The number of hydrogen-bond acceptors (Lipinski definition) is 3. The van der Waals surface area contributed by atoms with Crippen LogP contribution in [0, 0.1) is 0 Å². The van der Waals surface area contributed by atoms with Gasteiger partial charge in [0, 0.05) is 25.3 Å². The van der Waals surface area contributed by atoms with Crippen molar-refractivity contribution in [1.29, 1.82) is 0 Å². The van der Waals surface area contributed by atoms with Crippen molar-refractivity contribution in [2.45, 2.75) is 19.3 Å². The number of urea groups is 1. The molecule has 3 N–H and O–H groups in total. The fourth-order valence-corrected chi connectivity index (χ4v) is 1.02. The van der Waals surface area contributed by atoms with Gasteiger partial charge in [-0.25, -0.2) is 4.79 Å². The first-order valence-electron chi connectivity index (χ1n) is 4.87. The summed E-state index contributed by atoms with van der Waals surface area (Å²) in [5.41, 5.74) is 0. The summed E-state index contributed by atoms with van der Waals surface area (Å²) in [7, 11) is 0. The molecule has 92 valence electrons. The molecule has 0 radical (unpaired) electrons. The molecule has 0 fully saturated rings. The van der Waals surface area contributed by atoms with E-state index in [0.717, 1.165) is 0 Å². The molecular formula is C9H15ClN2O4. The highest BCUT2D eigenvalue weighted by atomic mass is 35.5. The third kappa shape index (κ3) is 9.26. The Morgan fingerprint density at radius 1 is 1.12 bits per heavy atom. The number of hydrogen-bond donors (Lipinski definition) is 3. The van der Waals surface area contributed by atoms with E-state index in [9.17, 15) is 14.4 Å². The summed E-state index contributed by atoms with van der Waals surface area (Å²) in [6.07, 6.45) is 0.408. The molecule has 0 heterocycles. The Morgan fingerprint density at radius 3 is 2.38 bits per heavy atom. The molecule has 16 heavy (non-hydrogen) atoms. The summed E-state index contributed by atoms with van der Waals surface area (Å²) in [6, 6.07) is -0.452. The normalized spacial score (nSPS) is 9.56. The highest BCUT2D eigenvalue weighted by Gasteiger charge is 2.06. The van der Waals surface area contributed by atoms with Crippen LogP contribution in [-0.4, -0.2) is 41.9 Å². The van der Waals surface area contributed by atoms with Crippen LogP contribution in [0.5, 0.6) is 0 Å². The maximum absolute atomic E-state index is 11.1. The van der Waals surface area contributed by atoms with E-state index in [1.807, 2.05) is 0 Å². The number of nitrogens with one attached hydrogen (secondary N) is 2. The van der Waals surface area contributed by atoms with Crippen molar-refractivity contribution in [1.82, 2.24) is 10.6 Å². The zero-order chi connectivity index (χ0) is 12.4. The standard InChI is InChI=1S/C9H15ClN2O4/c10-4-5-11-9(16)12-6-7(13)2-1-3-8(14)15/h1-6H2,(H,14,15)(H2,11,12,16). The van der Waals surface area contributed by atoms with E-state index in [2.05, 4.69) is 10.6 Å². The monoisotopic (exact) mass is 250 g/mol. The maximum atomic E-state index is 11.1. The molecule has 0 rings (SSSR count). The van der Waals surface area contributed by atoms with Gasteiger partial charge in [0.1, 0.15) is 0 Å². The Morgan fingerprint density at radius 2 is 1.81 bits per heavy atom. The van der Waals surface area contributed by atoms with Gasteiger partial charge in [-0.3, -0.25) is 9.59 Å². The second-order valence-electron chi connectivity index (χ2n) is 3.08. The number of carboxylic acids is 1. The van der Waals surface area contributed by atoms with Crippen molar-refractivity contribution in [3.05, 3.63) is 0 Å². The molecule has 0 bridgehead atoms. The summed E-state index contributed by atoms with van der Waals surface area (Å²) in [5, 5.41) is 13.1. The van der Waals surface area contributed by atoms with Gasteiger partial charge in [0.25, 0.3) is 0 Å². The molecule has 0 unspecified atom stereocenters. The number of halogens is 1. The van der Waals surface area contributed by atoms with Crippen LogP contribution in [0.3, 0.4) is 0 Å². The number of rotatable bonds is 8. The first-order chi connectivity index (χ1) is 7.56. The average Bonchev–Trinajstić information content (AvgIpc) is 2.23. The van der Waals surface area contributed by atoms with Crippen LogP contribution in [-0.2, 0) is 9.59 Å². The van der Waals surface area contributed by atoms with Gasteiger partial charge in [0.05, 0.1) is 6.54 Å². The number of amides is 2. The van der Waals surface area contributed by atoms with Crippen LogP contribution in [0.1, 0.15) is 19.3 Å². The molecule has 2 amide bonds. The summed E-state index contributed by atoms with van der Waals surface area (Å²) in [5.74, 6) is -0.817. The van der Waals surface area contributed by atoms with Crippen molar-refractivity contribution in [3.8, 4) is 0 Å². The number of carbonyl (C=O) groups is 3. The molecular weight excluding hydrogens is 236 g/mol. The van der Waals surface area contributed by atoms with Gasteiger partial charge in [0.15, 0.2) is 5.78 Å². The molecule has 0 saturated carbocycles. The molecule has 0 atom stereocenters. The van der Waals surface area contributed by atoms with E-state index in [1.165, 1.54) is 0 Å². The molecule has 0 saturated heterocycles. The fraction of sp³-hybridized carbons (Fsp3) is 0.667. The smallest absolute Gasteiger partial charge is 0.315 e. The zero-order valence-electron chi connectivity index (χ0n) is 8.79. The first kappa shape index (κ1) is 14.7. The van der Waals surface area contributed by atoms with E-state index in [4.69, 9.17) is 16.7 Å². The predicted octanol–water partition coefficient (Wildman–Crippen LogP) is 0.348. The van der Waals surface area contributed by atoms with Crippen molar-refractivity contribution < 1.29 is 19.5 Å². The first-order valence-corrected chi connectivity index (χ1v) is 5.41. The number of Topliss-reactive ketones (excluding diaryl/α,β-unsaturated/α-hetero) is 1. The van der Waals surface area contributed by atoms with Crippen LogP contribution >= 0.6 is 11.6 Å². The van der Waals surface area contributed by atoms with Crippen molar-refractivity contribution in [2.75, 3.05) is 19.0 Å². The van der Waals surface area contributed by atoms with Gasteiger partial charge < -0.3 is 15.7 Å². The highest BCUT2D eigenvalue weighted by molar-refractivity contribution is 6.18. The lowest BCUT2D eigenvalue weighted by atomic mass is 10.2. The number of aliphatic carboxylic acids is 1. The topological polar surface area (TPSA) is 95.5 Å². The van der Waals surface area contributed by atoms with Gasteiger partial charge >= 0.3 is 12.0 Å². The van der Waals surface area contributed by atoms with Crippen molar-refractivity contribution in [3.63, 3.8) is 0 Å².